The van der Waals surface area contributed by atoms with E-state index in [9.17, 15) is 56.7 Å². The molecule has 2 unspecified atom stereocenters. The fourth-order valence-corrected chi connectivity index (χ4v) is 15.7. The van der Waals surface area contributed by atoms with Crippen molar-refractivity contribution in [2.75, 3.05) is 44.0 Å². The van der Waals surface area contributed by atoms with Crippen LogP contribution in [0.5, 0.6) is 5.75 Å². The summed E-state index contributed by atoms with van der Waals surface area (Å²) >= 11 is 4.63. The van der Waals surface area contributed by atoms with E-state index in [-0.39, 0.29) is 76.2 Å². The van der Waals surface area contributed by atoms with Crippen molar-refractivity contribution in [3.63, 3.8) is 0 Å². The number of aromatic nitrogens is 2. The Morgan fingerprint density at radius 1 is 1.03 bits per heavy atom. The predicted molar refractivity (Wildman–Crippen MR) is 342 cm³/mol. The lowest BCUT2D eigenvalue weighted by atomic mass is 9.81. The molecular weight excluding hydrogens is 1280 g/mol. The van der Waals surface area contributed by atoms with Gasteiger partial charge in [-0.2, -0.15) is 22.3 Å². The number of nitrogens with one attached hydrogen (secondary N) is 1. The molecule has 3 aromatic carbocycles. The molecule has 0 saturated carbocycles. The number of phosphoric acid groups is 2. The summed E-state index contributed by atoms with van der Waals surface area (Å²) in [5.41, 5.74) is 10.9. The number of anilines is 2. The van der Waals surface area contributed by atoms with E-state index in [0.29, 0.717) is 25.8 Å². The Hall–Kier alpha value is -6.12. The number of hydrogen-bond acceptors (Lipinski definition) is 19. The van der Waals surface area contributed by atoms with Crippen molar-refractivity contribution in [1.29, 1.82) is 0 Å². The van der Waals surface area contributed by atoms with E-state index in [4.69, 9.17) is 34.3 Å². The van der Waals surface area contributed by atoms with Gasteiger partial charge in [0.05, 0.1) is 65.4 Å². The van der Waals surface area contributed by atoms with E-state index in [0.717, 1.165) is 28.1 Å². The lowest BCUT2D eigenvalue weighted by molar-refractivity contribution is -0.438. The highest BCUT2D eigenvalue weighted by molar-refractivity contribution is 8.08. The molecule has 3 aliphatic rings. The van der Waals surface area contributed by atoms with Crippen molar-refractivity contribution in [3.8, 4) is 17.6 Å². The standard InChI is InChI=1S/C59H76N7O20P3S2/c1-11-63-44-25-23-37(2)29-42(44)58(6,7)50(63)20-14-12-15-21-51-59(8,9)43-31-40(91(78,79)80)24-26-45(43)64(51)28-17-13-16-22-52(68)61-27-18-19-38-30-46(66(70)71)41(32-48(38)81-10)54(57(3,4)5)82-35-39-34-65(56(69)62-55(39)60)53-33-47(67)49(84-53)36-83-89(77,90)86-88(75,76)85-87(72,73)74/h12,14-15,20-21,23-26,29-32,34,47,49,53-54,67H,11,13,16-17,22,27-28,33,35-36H2,1-10H3,(H7-,60,61,62,68,69,72,73,74,75,76,77,78,79,80,90)/p+1/t47-,49-,53-,54-,89?/m1/s1. The molecule has 1 amide bonds. The highest BCUT2D eigenvalue weighted by Gasteiger charge is 2.46. The summed E-state index contributed by atoms with van der Waals surface area (Å²) in [6.07, 6.45) is 8.14. The molecule has 0 bridgehead atoms. The number of benzene rings is 3. The van der Waals surface area contributed by atoms with Gasteiger partial charge in [-0.1, -0.05) is 82.4 Å². The summed E-state index contributed by atoms with van der Waals surface area (Å²) < 4.78 is 91.1. The minimum Gasteiger partial charge on any atom is -0.495 e. The molecule has 27 nitrogen and oxygen atoms in total. The summed E-state index contributed by atoms with van der Waals surface area (Å²) in [5, 5.41) is 26.3. The fourth-order valence-electron chi connectivity index (χ4n) is 11.2. The number of nitrogens with zero attached hydrogens (tertiary/aromatic N) is 5. The van der Waals surface area contributed by atoms with Crippen molar-refractivity contribution in [1.82, 2.24) is 14.9 Å². The first-order valence-electron chi connectivity index (χ1n) is 28.7. The predicted octanol–water partition coefficient (Wildman–Crippen LogP) is 8.63. The molecule has 1 saturated heterocycles. The number of nitro benzene ring substituents is 1. The van der Waals surface area contributed by atoms with Gasteiger partial charge in [-0.25, -0.2) is 18.2 Å². The Morgan fingerprint density at radius 2 is 1.75 bits per heavy atom. The van der Waals surface area contributed by atoms with Crippen LogP contribution in [-0.2, 0) is 75.9 Å². The maximum atomic E-state index is 13.1. The van der Waals surface area contributed by atoms with Crippen LogP contribution >= 0.6 is 22.4 Å². The second kappa shape index (κ2) is 28.6. The number of aliphatic hydroxyl groups is 1. The molecule has 0 spiro atoms. The number of unbranched alkanes of at least 4 members (excludes halogenated alkanes) is 2. The second-order valence-electron chi connectivity index (χ2n) is 24.0. The van der Waals surface area contributed by atoms with Gasteiger partial charge in [0.15, 0.2) is 5.71 Å². The van der Waals surface area contributed by atoms with Gasteiger partial charge in [-0.05, 0) is 93.7 Å². The maximum Gasteiger partial charge on any atom is 0.488 e. The van der Waals surface area contributed by atoms with Gasteiger partial charge < -0.3 is 59.4 Å². The molecule has 1 aromatic heterocycles. The summed E-state index contributed by atoms with van der Waals surface area (Å²) in [6, 6.07) is 13.9. The van der Waals surface area contributed by atoms with Crippen LogP contribution in [0.3, 0.4) is 0 Å². The van der Waals surface area contributed by atoms with Gasteiger partial charge in [-0.3, -0.25) is 24.0 Å². The highest BCUT2D eigenvalue weighted by Crippen LogP contribution is 2.66. The molecule has 91 heavy (non-hydrogen) atoms. The Bertz CT molecular complexity index is 4000. The molecule has 4 heterocycles. The van der Waals surface area contributed by atoms with Crippen LogP contribution in [0.4, 0.5) is 22.9 Å². The molecular formula is C59H77N7O20P3S2+. The highest BCUT2D eigenvalue weighted by atomic mass is 32.5. The third kappa shape index (κ3) is 17.8. The molecule has 32 heteroatoms. The zero-order valence-electron chi connectivity index (χ0n) is 51.8. The maximum absolute atomic E-state index is 13.1. The van der Waals surface area contributed by atoms with E-state index in [1.807, 2.05) is 38.2 Å². The number of hydrogen-bond donors (Lipinski definition) is 8. The molecule has 0 radical (unpaired) electrons. The minimum atomic E-state index is -5.63. The average Bonchev–Trinajstić information content (AvgIpc) is 1.62. The van der Waals surface area contributed by atoms with Crippen molar-refractivity contribution in [3.05, 3.63) is 145 Å². The monoisotopic (exact) mass is 1360 g/mol. The van der Waals surface area contributed by atoms with E-state index in [2.05, 4.69) is 104 Å². The van der Waals surface area contributed by atoms with Crippen LogP contribution in [-0.4, -0.2) is 114 Å². The second-order valence-corrected chi connectivity index (χ2v) is 31.2. The first kappa shape index (κ1) is 72.3. The zero-order chi connectivity index (χ0) is 67.4. The number of aliphatic hydroxyl groups excluding tert-OH is 1. The lowest BCUT2D eigenvalue weighted by Gasteiger charge is -2.31. The molecule has 7 rings (SSSR count). The fraction of sp³-hybridized carbons (Fsp3) is 0.458. The number of nitrogen functional groups attached to an aromatic ring is 1. The number of aryl methyl sites for hydroxylation is 1. The largest absolute Gasteiger partial charge is 0.495 e. The molecule has 0 aliphatic carbocycles. The number of nitrogens with two attached hydrogens (primary N) is 1. The van der Waals surface area contributed by atoms with Crippen LogP contribution in [0, 0.1) is 34.3 Å². The van der Waals surface area contributed by atoms with Gasteiger partial charge in [0, 0.05) is 78.1 Å². The average molecular weight is 1360 g/mol. The van der Waals surface area contributed by atoms with Crippen LogP contribution < -0.4 is 26.4 Å². The number of amides is 1. The number of fused-ring (bicyclic) bond motifs is 2. The number of carbonyl (C=O) groups is 1. The SMILES string of the molecule is CCN1C(=CC=CC=CC2=[N+](CCCCCC(=O)NCC#Cc3cc([N+](=O)[O-])c([C@@H](OCc4cn([C@H]5C[C@@H](O)[C@@H](COP(O)(=S)OP(=O)(O)OP(=O)(O)O)O5)c(=O)nc4N)C(C)(C)C)cc3OC)c3ccc(S(=O)(=O)O)cc3C2(C)C)C(C)(C)c2cc(C)ccc21. The Labute approximate surface area is 532 Å². The van der Waals surface area contributed by atoms with Crippen molar-refractivity contribution in [2.45, 2.75) is 141 Å². The third-order valence-corrected chi connectivity index (χ3v) is 21.1. The van der Waals surface area contributed by atoms with Crippen molar-refractivity contribution in [2.24, 2.45) is 5.41 Å². The molecule has 1 fully saturated rings. The van der Waals surface area contributed by atoms with Gasteiger partial charge >= 0.3 is 28.1 Å². The van der Waals surface area contributed by atoms with Crippen LogP contribution in [0.25, 0.3) is 0 Å². The number of rotatable bonds is 26. The van der Waals surface area contributed by atoms with E-state index >= 15 is 0 Å². The van der Waals surface area contributed by atoms with Crippen LogP contribution in [0.15, 0.2) is 100 Å². The van der Waals surface area contributed by atoms with Gasteiger partial charge in [-0.15, -0.1) is 0 Å². The van der Waals surface area contributed by atoms with Gasteiger partial charge in [0.2, 0.25) is 11.6 Å². The number of allylic oxidation sites excluding steroid dienone is 6. The zero-order valence-corrected chi connectivity index (χ0v) is 56.1. The molecule has 494 valence electrons. The Morgan fingerprint density at radius 3 is 2.40 bits per heavy atom. The van der Waals surface area contributed by atoms with Crippen LogP contribution in [0.2, 0.25) is 0 Å². The van der Waals surface area contributed by atoms with E-state index in [1.165, 1.54) is 60.1 Å². The topological polar surface area (TPSA) is 384 Å². The number of nitro groups is 1. The minimum absolute atomic E-state index is 0.0891. The molecule has 4 aromatic rings. The first-order valence-corrected chi connectivity index (χ1v) is 35.8. The van der Waals surface area contributed by atoms with Crippen molar-refractivity contribution < 1.29 is 88.4 Å². The summed E-state index contributed by atoms with van der Waals surface area (Å²) in [7, 11) is -14.3. The van der Waals surface area contributed by atoms with E-state index in [1.54, 1.807) is 26.8 Å². The lowest BCUT2D eigenvalue weighted by Crippen LogP contribution is -2.30. The molecule has 9 N–H and O–H groups in total. The van der Waals surface area contributed by atoms with Gasteiger partial charge in [0.25, 0.3) is 15.8 Å². The number of methoxy groups -OCH3 is 1. The molecule has 6 atom stereocenters. The third-order valence-electron chi connectivity index (χ3n) is 15.6. The quantitative estimate of drug-likeness (QED) is 0.00426. The number of likely N-dealkylation sites (N-methyl/N-ethyl adjacent to an activating group) is 1. The van der Waals surface area contributed by atoms with Gasteiger partial charge in [0.1, 0.15) is 30.4 Å². The van der Waals surface area contributed by atoms with Crippen molar-refractivity contribution >= 4 is 78.8 Å². The number of carbonyl (C=O) groups excluding carboxylic acids is 1. The van der Waals surface area contributed by atoms with E-state index < -0.39 is 85.1 Å². The molecule has 3 aliphatic heterocycles. The van der Waals surface area contributed by atoms with Crippen LogP contribution in [0.1, 0.15) is 133 Å². The number of ether oxygens (including phenoxy) is 3. The first-order chi connectivity index (χ1) is 42.3. The summed E-state index contributed by atoms with van der Waals surface area (Å²) in [4.78, 5) is 81.9. The Kier molecular flexibility index (Phi) is 22.7. The summed E-state index contributed by atoms with van der Waals surface area (Å²) in [5.74, 6) is 5.36. The smallest absolute Gasteiger partial charge is 0.488 e. The normalized spacial score (nSPS) is 20.1. The Balaban J connectivity index is 0.973. The summed E-state index contributed by atoms with van der Waals surface area (Å²) in [6.45, 7) is 13.4.